The molecular weight excluding hydrogens is 387 g/mol. The topological polar surface area (TPSA) is 40.5 Å². The van der Waals surface area contributed by atoms with Gasteiger partial charge in [0.15, 0.2) is 0 Å². The third-order valence-electron chi connectivity index (χ3n) is 3.04. The van der Waals surface area contributed by atoms with Gasteiger partial charge in [-0.25, -0.2) is 0 Å². The lowest BCUT2D eigenvalue weighted by Crippen LogP contribution is -2.67. The number of carbonyl (C=O) groups is 1. The maximum absolute atomic E-state index is 13.5. The molecule has 1 amide bonds. The molecule has 0 rings (SSSR count). The van der Waals surface area contributed by atoms with Crippen molar-refractivity contribution in [1.82, 2.24) is 4.90 Å². The Morgan fingerprint density at radius 2 is 1.16 bits per heavy atom. The highest BCUT2D eigenvalue weighted by atomic mass is 19.4. The molecule has 0 aromatic heterocycles. The molecule has 0 radical (unpaired) electrons. The van der Waals surface area contributed by atoms with Crippen molar-refractivity contribution in [2.45, 2.75) is 48.8 Å². The van der Waals surface area contributed by atoms with E-state index in [4.69, 9.17) is 0 Å². The van der Waals surface area contributed by atoms with Crippen molar-refractivity contribution in [3.05, 3.63) is 0 Å². The maximum Gasteiger partial charge on any atom is 0.460 e. The normalized spacial score (nSPS) is 17.2. The molecule has 0 spiro atoms. The van der Waals surface area contributed by atoms with Gasteiger partial charge in [0.1, 0.15) is 5.60 Å². The highest BCUT2D eigenvalue weighted by molar-refractivity contribution is 5.84. The van der Waals surface area contributed by atoms with Crippen LogP contribution in [0.15, 0.2) is 0 Å². The van der Waals surface area contributed by atoms with Gasteiger partial charge in [0.05, 0.1) is 6.42 Å². The van der Waals surface area contributed by atoms with E-state index in [2.05, 4.69) is 0 Å². The molecule has 0 bridgehead atoms. The van der Waals surface area contributed by atoms with E-state index in [1.807, 2.05) is 0 Å². The van der Waals surface area contributed by atoms with Crippen LogP contribution in [0.3, 0.4) is 0 Å². The van der Waals surface area contributed by atoms with Gasteiger partial charge >= 0.3 is 29.9 Å². The largest absolute Gasteiger partial charge is 0.460 e. The number of likely N-dealkylation sites (N-methyl/N-ethyl adjacent to an activating group) is 1. The molecule has 150 valence electrons. The lowest BCUT2D eigenvalue weighted by Gasteiger charge is -2.39. The number of hydrogen-bond donors (Lipinski definition) is 1. The standard InChI is InChI=1S/C11H12F11NO2/c1-6(25,5(24)23(2)3)4-7(12,13)8(14,15)9(16,17)10(18,19)11(20,21)22/h25H,4H2,1-3H3. The number of nitrogens with zero attached hydrogens (tertiary/aromatic N) is 1. The summed E-state index contributed by atoms with van der Waals surface area (Å²) in [7, 11) is 1.69. The number of alkyl halides is 11. The molecule has 0 aliphatic rings. The van der Waals surface area contributed by atoms with Crippen LogP contribution in [0.25, 0.3) is 0 Å². The lowest BCUT2D eigenvalue weighted by molar-refractivity contribution is -0.424. The SMILES string of the molecule is CN(C)C(=O)C(C)(O)CC(F)(F)C(F)(F)C(F)(F)C(F)(F)C(F)(F)F. The van der Waals surface area contributed by atoms with Crippen molar-refractivity contribution < 1.29 is 58.2 Å². The van der Waals surface area contributed by atoms with E-state index in [0.717, 1.165) is 14.1 Å². The zero-order chi connectivity index (χ0) is 20.9. The van der Waals surface area contributed by atoms with Crippen molar-refractivity contribution in [3.8, 4) is 0 Å². The summed E-state index contributed by atoms with van der Waals surface area (Å²) in [5, 5.41) is 9.42. The molecule has 1 unspecified atom stereocenters. The van der Waals surface area contributed by atoms with Gasteiger partial charge in [-0.1, -0.05) is 0 Å². The number of aliphatic hydroxyl groups is 1. The van der Waals surface area contributed by atoms with Gasteiger partial charge in [-0.2, -0.15) is 48.3 Å². The fourth-order valence-electron chi connectivity index (χ4n) is 1.71. The highest BCUT2D eigenvalue weighted by Gasteiger charge is 2.87. The van der Waals surface area contributed by atoms with E-state index < -0.39 is 47.8 Å². The summed E-state index contributed by atoms with van der Waals surface area (Å²) in [6.45, 7) is 0.180. The second kappa shape index (κ2) is 6.13. The number of amides is 1. The van der Waals surface area contributed by atoms with Gasteiger partial charge in [-0.15, -0.1) is 0 Å². The van der Waals surface area contributed by atoms with Crippen LogP contribution >= 0.6 is 0 Å². The fourth-order valence-corrected chi connectivity index (χ4v) is 1.71. The van der Waals surface area contributed by atoms with Crippen LogP contribution in [0.2, 0.25) is 0 Å². The Morgan fingerprint density at radius 3 is 1.44 bits per heavy atom. The van der Waals surface area contributed by atoms with E-state index >= 15 is 0 Å². The molecule has 3 nitrogen and oxygen atoms in total. The van der Waals surface area contributed by atoms with Crippen LogP contribution in [0.5, 0.6) is 0 Å². The fraction of sp³-hybridized carbons (Fsp3) is 0.909. The quantitative estimate of drug-likeness (QED) is 0.697. The Hall–Kier alpha value is -1.34. The monoisotopic (exact) mass is 399 g/mol. The first kappa shape index (κ1) is 23.7. The van der Waals surface area contributed by atoms with Crippen LogP contribution in [0.4, 0.5) is 48.3 Å². The van der Waals surface area contributed by atoms with Gasteiger partial charge in [-0.3, -0.25) is 4.79 Å². The van der Waals surface area contributed by atoms with Crippen LogP contribution in [0.1, 0.15) is 13.3 Å². The summed E-state index contributed by atoms with van der Waals surface area (Å²) < 4.78 is 141. The van der Waals surface area contributed by atoms with Gasteiger partial charge in [0.2, 0.25) is 0 Å². The molecule has 0 aliphatic carbocycles. The summed E-state index contributed by atoms with van der Waals surface area (Å²) >= 11 is 0. The van der Waals surface area contributed by atoms with Crippen LogP contribution in [-0.4, -0.2) is 65.5 Å². The summed E-state index contributed by atoms with van der Waals surface area (Å²) in [4.78, 5) is 11.7. The molecule has 0 heterocycles. The molecule has 0 fully saturated rings. The van der Waals surface area contributed by atoms with Crippen molar-refractivity contribution >= 4 is 5.91 Å². The molecule has 25 heavy (non-hydrogen) atoms. The number of rotatable bonds is 6. The first-order valence-electron chi connectivity index (χ1n) is 6.08. The van der Waals surface area contributed by atoms with Crippen molar-refractivity contribution in [1.29, 1.82) is 0 Å². The minimum Gasteiger partial charge on any atom is -0.380 e. The van der Waals surface area contributed by atoms with Gasteiger partial charge in [0, 0.05) is 14.1 Å². The van der Waals surface area contributed by atoms with E-state index in [1.54, 1.807) is 0 Å². The Kier molecular flexibility index (Phi) is 5.80. The van der Waals surface area contributed by atoms with Gasteiger partial charge in [0.25, 0.3) is 5.91 Å². The van der Waals surface area contributed by atoms with E-state index in [1.165, 1.54) is 0 Å². The Balaban J connectivity index is 6.02. The number of hydrogen-bond acceptors (Lipinski definition) is 2. The predicted octanol–water partition coefficient (Wildman–Crippen LogP) is 3.32. The van der Waals surface area contributed by atoms with Crippen molar-refractivity contribution in [2.75, 3.05) is 14.1 Å². The maximum atomic E-state index is 13.5. The Morgan fingerprint density at radius 1 is 0.800 bits per heavy atom. The Bertz CT molecular complexity index is 511. The molecule has 0 saturated heterocycles. The lowest BCUT2D eigenvalue weighted by atomic mass is 9.88. The zero-order valence-electron chi connectivity index (χ0n) is 12.7. The Labute approximate surface area is 133 Å². The smallest absolute Gasteiger partial charge is 0.380 e. The minimum atomic E-state index is -7.57. The number of halogens is 11. The predicted molar refractivity (Wildman–Crippen MR) is 59.8 cm³/mol. The van der Waals surface area contributed by atoms with E-state index in [9.17, 15) is 58.2 Å². The molecule has 1 N–H and O–H groups in total. The zero-order valence-corrected chi connectivity index (χ0v) is 12.7. The number of carbonyl (C=O) groups excluding carboxylic acids is 1. The van der Waals surface area contributed by atoms with Gasteiger partial charge in [-0.05, 0) is 6.92 Å². The second-order valence-electron chi connectivity index (χ2n) is 5.58. The minimum absolute atomic E-state index is 0.180. The summed E-state index contributed by atoms with van der Waals surface area (Å²) in [6.07, 6.45) is -10.1. The third kappa shape index (κ3) is 3.77. The summed E-state index contributed by atoms with van der Waals surface area (Å²) in [6, 6.07) is 0. The molecule has 0 aromatic rings. The second-order valence-corrected chi connectivity index (χ2v) is 5.58. The van der Waals surface area contributed by atoms with Crippen LogP contribution < -0.4 is 0 Å². The first-order valence-corrected chi connectivity index (χ1v) is 6.08. The molecule has 1 atom stereocenters. The average Bonchev–Trinajstić information content (AvgIpc) is 2.34. The molecule has 0 aromatic carbocycles. The van der Waals surface area contributed by atoms with Crippen molar-refractivity contribution in [2.24, 2.45) is 0 Å². The third-order valence-corrected chi connectivity index (χ3v) is 3.04. The highest BCUT2D eigenvalue weighted by Crippen LogP contribution is 2.58. The van der Waals surface area contributed by atoms with Crippen LogP contribution in [0, 0.1) is 0 Å². The molecule has 14 heteroatoms. The van der Waals surface area contributed by atoms with Crippen LogP contribution in [-0.2, 0) is 4.79 Å². The molecule has 0 aliphatic heterocycles. The van der Waals surface area contributed by atoms with E-state index in [0.29, 0.717) is 4.90 Å². The molecular formula is C11H12F11NO2. The summed E-state index contributed by atoms with van der Waals surface area (Å²) in [5.74, 6) is -30.3. The summed E-state index contributed by atoms with van der Waals surface area (Å²) in [5.41, 5.74) is -3.46. The van der Waals surface area contributed by atoms with E-state index in [-0.39, 0.29) is 6.92 Å². The van der Waals surface area contributed by atoms with Gasteiger partial charge < -0.3 is 10.0 Å². The first-order chi connectivity index (χ1) is 10.6. The van der Waals surface area contributed by atoms with Crippen molar-refractivity contribution in [3.63, 3.8) is 0 Å². The average molecular weight is 399 g/mol. The molecule has 0 saturated carbocycles.